The van der Waals surface area contributed by atoms with Crippen LogP contribution in [0.3, 0.4) is 0 Å². The van der Waals surface area contributed by atoms with Crippen molar-refractivity contribution in [1.29, 1.82) is 0 Å². The number of hydrogen-bond acceptors (Lipinski definition) is 1. The Kier molecular flexibility index (Phi) is 5.56. The molecule has 0 unspecified atom stereocenters. The number of unbranched alkanes of at least 4 members (excludes halogenated alkanes) is 1. The van der Waals surface area contributed by atoms with Gasteiger partial charge in [-0.15, -0.1) is 11.6 Å². The van der Waals surface area contributed by atoms with Gasteiger partial charge in [-0.3, -0.25) is 0 Å². The van der Waals surface area contributed by atoms with E-state index in [9.17, 15) is 0 Å². The number of rotatable bonds is 4. The zero-order valence-electron chi connectivity index (χ0n) is 5.23. The molecule has 0 aromatic rings. The monoisotopic (exact) mass is 136 g/mol. The maximum absolute atomic E-state index is 8.34. The van der Waals surface area contributed by atoms with Crippen molar-refractivity contribution in [2.24, 2.45) is 0 Å². The molecule has 0 rings (SSSR count). The van der Waals surface area contributed by atoms with E-state index >= 15 is 0 Å². The van der Waals surface area contributed by atoms with Crippen LogP contribution in [-0.2, 0) is 0 Å². The molecule has 1 atom stereocenters. The number of aliphatic hydroxyl groups is 1. The maximum Gasteiger partial charge on any atom is 0.0431 e. The van der Waals surface area contributed by atoms with Crippen molar-refractivity contribution in [3.63, 3.8) is 0 Å². The number of alkyl halides is 1. The lowest BCUT2D eigenvalue weighted by Gasteiger charge is -1.98. The van der Waals surface area contributed by atoms with Gasteiger partial charge in [0, 0.05) is 12.0 Å². The molecule has 0 aromatic carbocycles. The van der Waals surface area contributed by atoms with Crippen LogP contribution in [0.5, 0.6) is 0 Å². The minimum absolute atomic E-state index is 0.265. The number of aliphatic hydroxyl groups excluding tert-OH is 1. The van der Waals surface area contributed by atoms with E-state index in [2.05, 4.69) is 0 Å². The number of halogens is 1. The van der Waals surface area contributed by atoms with Crippen LogP contribution in [0.2, 0.25) is 0 Å². The van der Waals surface area contributed by atoms with Gasteiger partial charge in [0.25, 0.3) is 0 Å². The van der Waals surface area contributed by atoms with Crippen molar-refractivity contribution in [2.75, 3.05) is 6.61 Å². The Labute approximate surface area is 55.7 Å². The first-order valence-electron chi connectivity index (χ1n) is 3.02. The molecule has 0 aromatic heterocycles. The summed E-state index contributed by atoms with van der Waals surface area (Å²) in [6.45, 7) is 2.27. The molecule has 0 aliphatic heterocycles. The molecule has 50 valence electrons. The Morgan fingerprint density at radius 1 is 1.50 bits per heavy atom. The van der Waals surface area contributed by atoms with Crippen molar-refractivity contribution < 1.29 is 5.11 Å². The predicted octanol–water partition coefficient (Wildman–Crippen LogP) is 1.78. The standard InChI is InChI=1S/C6H13ClO/c1-6(7)4-2-3-5-8/h6,8H,2-5H2,1H3/t6-/m1/s1. The van der Waals surface area contributed by atoms with E-state index in [1.165, 1.54) is 0 Å². The van der Waals surface area contributed by atoms with Gasteiger partial charge in [0.1, 0.15) is 0 Å². The highest BCUT2D eigenvalue weighted by Crippen LogP contribution is 2.04. The highest BCUT2D eigenvalue weighted by molar-refractivity contribution is 6.20. The van der Waals surface area contributed by atoms with Crippen molar-refractivity contribution in [3.05, 3.63) is 0 Å². The second-order valence-electron chi connectivity index (χ2n) is 2.00. The molecule has 0 fully saturated rings. The van der Waals surface area contributed by atoms with Crippen molar-refractivity contribution in [2.45, 2.75) is 31.6 Å². The highest BCUT2D eigenvalue weighted by Gasteiger charge is 1.93. The van der Waals surface area contributed by atoms with E-state index in [4.69, 9.17) is 16.7 Å². The summed E-state index contributed by atoms with van der Waals surface area (Å²) in [7, 11) is 0. The smallest absolute Gasteiger partial charge is 0.0431 e. The summed E-state index contributed by atoms with van der Waals surface area (Å²) in [4.78, 5) is 0. The summed E-state index contributed by atoms with van der Waals surface area (Å²) >= 11 is 5.63. The lowest BCUT2D eigenvalue weighted by Crippen LogP contribution is -1.91. The average Bonchev–Trinajstić information content (AvgIpc) is 1.66. The van der Waals surface area contributed by atoms with Gasteiger partial charge in [0.05, 0.1) is 0 Å². The van der Waals surface area contributed by atoms with E-state index in [0.717, 1.165) is 19.3 Å². The van der Waals surface area contributed by atoms with Crippen LogP contribution >= 0.6 is 11.6 Å². The van der Waals surface area contributed by atoms with E-state index < -0.39 is 0 Å². The quantitative estimate of drug-likeness (QED) is 0.462. The lowest BCUT2D eigenvalue weighted by molar-refractivity contribution is 0.283. The summed E-state index contributed by atoms with van der Waals surface area (Å²) in [5, 5.41) is 8.60. The molecule has 0 amide bonds. The molecule has 0 saturated carbocycles. The topological polar surface area (TPSA) is 20.2 Å². The van der Waals surface area contributed by atoms with Crippen LogP contribution in [0.4, 0.5) is 0 Å². The van der Waals surface area contributed by atoms with E-state index in [0.29, 0.717) is 6.61 Å². The second kappa shape index (κ2) is 5.39. The van der Waals surface area contributed by atoms with Gasteiger partial charge in [-0.25, -0.2) is 0 Å². The fourth-order valence-corrected chi connectivity index (χ4v) is 0.692. The third-order valence-corrected chi connectivity index (χ3v) is 1.23. The van der Waals surface area contributed by atoms with Crippen LogP contribution in [-0.4, -0.2) is 17.1 Å². The second-order valence-corrected chi connectivity index (χ2v) is 2.75. The zero-order chi connectivity index (χ0) is 6.41. The molecule has 2 heteroatoms. The largest absolute Gasteiger partial charge is 0.396 e. The van der Waals surface area contributed by atoms with Gasteiger partial charge in [-0.1, -0.05) is 0 Å². The summed E-state index contributed by atoms with van der Waals surface area (Å²) in [5.74, 6) is 0. The molecular weight excluding hydrogens is 124 g/mol. The fourth-order valence-electron chi connectivity index (χ4n) is 0.537. The molecule has 0 aliphatic carbocycles. The first kappa shape index (κ1) is 8.25. The molecule has 0 radical (unpaired) electrons. The average molecular weight is 137 g/mol. The van der Waals surface area contributed by atoms with Gasteiger partial charge < -0.3 is 5.11 Å². The van der Waals surface area contributed by atoms with Crippen molar-refractivity contribution in [3.8, 4) is 0 Å². The molecule has 0 spiro atoms. The first-order chi connectivity index (χ1) is 3.77. The highest BCUT2D eigenvalue weighted by atomic mass is 35.5. The van der Waals surface area contributed by atoms with E-state index in [-0.39, 0.29) is 5.38 Å². The third kappa shape index (κ3) is 6.25. The lowest BCUT2D eigenvalue weighted by atomic mass is 10.2. The normalized spacial score (nSPS) is 13.9. The molecule has 1 nitrogen and oxygen atoms in total. The summed E-state index contributed by atoms with van der Waals surface area (Å²) < 4.78 is 0. The van der Waals surface area contributed by atoms with Gasteiger partial charge in [-0.05, 0) is 26.2 Å². The van der Waals surface area contributed by atoms with Crippen LogP contribution in [0.25, 0.3) is 0 Å². The molecule has 0 heterocycles. The fraction of sp³-hybridized carbons (Fsp3) is 1.00. The Bertz CT molecular complexity index is 45.8. The Morgan fingerprint density at radius 3 is 2.50 bits per heavy atom. The summed E-state index contributed by atoms with van der Waals surface area (Å²) in [5.41, 5.74) is 0. The third-order valence-electron chi connectivity index (χ3n) is 1.01. The van der Waals surface area contributed by atoms with Gasteiger partial charge in [-0.2, -0.15) is 0 Å². The van der Waals surface area contributed by atoms with Gasteiger partial charge in [0.15, 0.2) is 0 Å². The SMILES string of the molecule is C[C@@H](Cl)CCCCO. The predicted molar refractivity (Wildman–Crippen MR) is 36.3 cm³/mol. The zero-order valence-corrected chi connectivity index (χ0v) is 5.99. The van der Waals surface area contributed by atoms with E-state index in [1.807, 2.05) is 6.92 Å². The summed E-state index contributed by atoms with van der Waals surface area (Å²) in [6.07, 6.45) is 2.94. The molecule has 0 bridgehead atoms. The van der Waals surface area contributed by atoms with Crippen molar-refractivity contribution in [1.82, 2.24) is 0 Å². The Hall–Kier alpha value is 0.250. The molecular formula is C6H13ClO. The first-order valence-corrected chi connectivity index (χ1v) is 3.46. The van der Waals surface area contributed by atoms with Crippen molar-refractivity contribution >= 4 is 11.6 Å². The Balaban J connectivity index is 2.72. The molecule has 1 N–H and O–H groups in total. The Morgan fingerprint density at radius 2 is 2.12 bits per heavy atom. The van der Waals surface area contributed by atoms with Crippen LogP contribution in [0.1, 0.15) is 26.2 Å². The molecule has 0 saturated heterocycles. The van der Waals surface area contributed by atoms with Crippen LogP contribution < -0.4 is 0 Å². The van der Waals surface area contributed by atoms with Crippen LogP contribution in [0, 0.1) is 0 Å². The molecule has 8 heavy (non-hydrogen) atoms. The molecule has 0 aliphatic rings. The van der Waals surface area contributed by atoms with Gasteiger partial charge >= 0.3 is 0 Å². The minimum Gasteiger partial charge on any atom is -0.396 e. The number of hydrogen-bond donors (Lipinski definition) is 1. The minimum atomic E-state index is 0.265. The van der Waals surface area contributed by atoms with Gasteiger partial charge in [0.2, 0.25) is 0 Å². The van der Waals surface area contributed by atoms with E-state index in [1.54, 1.807) is 0 Å². The van der Waals surface area contributed by atoms with Crippen LogP contribution in [0.15, 0.2) is 0 Å². The maximum atomic E-state index is 8.34. The summed E-state index contributed by atoms with van der Waals surface area (Å²) in [6, 6.07) is 0.